The highest BCUT2D eigenvalue weighted by molar-refractivity contribution is 7.94. The highest BCUT2D eigenvalue weighted by atomic mass is 32.2. The molecule has 0 aliphatic heterocycles. The van der Waals surface area contributed by atoms with Crippen molar-refractivity contribution in [1.82, 2.24) is 0 Å². The van der Waals surface area contributed by atoms with E-state index < -0.39 is 33.9 Å². The van der Waals surface area contributed by atoms with Crippen molar-refractivity contribution in [3.05, 3.63) is 23.3 Å². The molecule has 5 rings (SSSR count). The second kappa shape index (κ2) is 14.6. The Morgan fingerprint density at radius 1 is 0.822 bits per heavy atom. The van der Waals surface area contributed by atoms with Crippen molar-refractivity contribution in [2.24, 2.45) is 52.3 Å². The summed E-state index contributed by atoms with van der Waals surface area (Å²) in [5.41, 5.74) is 0.786. The van der Waals surface area contributed by atoms with Crippen LogP contribution < -0.4 is 9.99 Å². The fraction of sp³-hybridized carbons (Fsp3) is 0.829. The molecule has 0 saturated heterocycles. The number of rotatable bonds is 13. The fourth-order valence-electron chi connectivity index (χ4n) is 10.6. The molecule has 256 valence electrons. The Bertz CT molecular complexity index is 1140. The first-order valence-electron chi connectivity index (χ1n) is 17.2. The molecular formula is C35H51F4O5S-. The van der Waals surface area contributed by atoms with Crippen molar-refractivity contribution in [3.63, 3.8) is 0 Å². The van der Waals surface area contributed by atoms with Gasteiger partial charge in [-0.25, -0.2) is 8.78 Å². The molecular weight excluding hydrogens is 608 g/mol. The van der Waals surface area contributed by atoms with Crippen LogP contribution in [0.1, 0.15) is 112 Å². The molecule has 0 amide bonds. The zero-order chi connectivity index (χ0) is 32.5. The van der Waals surface area contributed by atoms with E-state index >= 15 is 0 Å². The SMILES string of the molecule is CC(C)CCCC(C)C1CCC2C3CCC4C[C@@H](OCCOc5c(F)c(F)c(SOO[O-])c(F)c5F)CC[C@]4(C)C3CC[C@]12C. The summed E-state index contributed by atoms with van der Waals surface area (Å²) in [7, 11) is 0. The van der Waals surface area contributed by atoms with Gasteiger partial charge in [0.1, 0.15) is 11.5 Å². The minimum absolute atomic E-state index is 0.0193. The van der Waals surface area contributed by atoms with E-state index in [1.807, 2.05) is 0 Å². The van der Waals surface area contributed by atoms with Gasteiger partial charge in [0.05, 0.1) is 24.8 Å². The van der Waals surface area contributed by atoms with Gasteiger partial charge in [-0.3, -0.25) is 5.04 Å². The van der Waals surface area contributed by atoms with E-state index in [0.29, 0.717) is 16.7 Å². The molecule has 0 spiro atoms. The van der Waals surface area contributed by atoms with E-state index in [1.165, 1.54) is 57.8 Å². The number of hydrogen-bond donors (Lipinski definition) is 0. The molecule has 6 unspecified atom stereocenters. The molecule has 0 bridgehead atoms. The minimum atomic E-state index is -1.73. The smallest absolute Gasteiger partial charge is 0.205 e. The normalized spacial score (nSPS) is 35.2. The molecule has 4 fully saturated rings. The van der Waals surface area contributed by atoms with Crippen LogP contribution in [-0.4, -0.2) is 19.3 Å². The van der Waals surface area contributed by atoms with Crippen molar-refractivity contribution < 1.29 is 41.7 Å². The lowest BCUT2D eigenvalue weighted by Crippen LogP contribution is -2.54. The van der Waals surface area contributed by atoms with Gasteiger partial charge in [-0.15, -0.1) is 0 Å². The third-order valence-corrected chi connectivity index (χ3v) is 13.5. The maximum absolute atomic E-state index is 14.4. The van der Waals surface area contributed by atoms with Crippen LogP contribution in [0.4, 0.5) is 17.6 Å². The van der Waals surface area contributed by atoms with E-state index in [-0.39, 0.29) is 31.4 Å². The molecule has 4 saturated carbocycles. The first-order chi connectivity index (χ1) is 21.4. The monoisotopic (exact) mass is 659 g/mol. The van der Waals surface area contributed by atoms with Gasteiger partial charge in [0, 0.05) is 0 Å². The predicted molar refractivity (Wildman–Crippen MR) is 163 cm³/mol. The van der Waals surface area contributed by atoms with Crippen LogP contribution in [0.2, 0.25) is 0 Å². The van der Waals surface area contributed by atoms with Crippen LogP contribution in [0.3, 0.4) is 0 Å². The van der Waals surface area contributed by atoms with Crippen LogP contribution >= 0.6 is 12.0 Å². The van der Waals surface area contributed by atoms with E-state index in [4.69, 9.17) is 9.47 Å². The van der Waals surface area contributed by atoms with Crippen LogP contribution in [-0.2, 0) is 14.1 Å². The van der Waals surface area contributed by atoms with Gasteiger partial charge in [0.2, 0.25) is 11.6 Å². The van der Waals surface area contributed by atoms with Gasteiger partial charge in [0.15, 0.2) is 17.4 Å². The maximum atomic E-state index is 14.4. The van der Waals surface area contributed by atoms with Crippen molar-refractivity contribution in [2.45, 2.75) is 123 Å². The molecule has 1 aromatic rings. The van der Waals surface area contributed by atoms with Crippen LogP contribution in [0, 0.1) is 75.5 Å². The van der Waals surface area contributed by atoms with Gasteiger partial charge < -0.3 is 14.7 Å². The fourth-order valence-corrected chi connectivity index (χ4v) is 11.0. The molecule has 0 radical (unpaired) electrons. The Labute approximate surface area is 270 Å². The lowest BCUT2D eigenvalue weighted by Gasteiger charge is -2.61. The summed E-state index contributed by atoms with van der Waals surface area (Å²) in [4.78, 5) is -1.17. The summed E-state index contributed by atoms with van der Waals surface area (Å²) in [5.74, 6) is -2.62. The lowest BCUT2D eigenvalue weighted by atomic mass is 9.44. The van der Waals surface area contributed by atoms with Crippen molar-refractivity contribution in [3.8, 4) is 5.75 Å². The van der Waals surface area contributed by atoms with Crippen molar-refractivity contribution in [1.29, 1.82) is 0 Å². The molecule has 5 nitrogen and oxygen atoms in total. The van der Waals surface area contributed by atoms with Crippen LogP contribution in [0.15, 0.2) is 4.90 Å². The molecule has 4 aliphatic rings. The molecule has 1 aromatic carbocycles. The average molecular weight is 660 g/mol. The highest BCUT2D eigenvalue weighted by Crippen LogP contribution is 2.68. The summed E-state index contributed by atoms with van der Waals surface area (Å²) < 4.78 is 72.2. The Kier molecular flexibility index (Phi) is 11.4. The van der Waals surface area contributed by atoms with Crippen LogP contribution in [0.5, 0.6) is 5.75 Å². The summed E-state index contributed by atoms with van der Waals surface area (Å²) in [6, 6.07) is 0. The quantitative estimate of drug-likeness (QED) is 0.0525. The van der Waals surface area contributed by atoms with Gasteiger partial charge in [-0.2, -0.15) is 13.1 Å². The molecule has 0 N–H and O–H groups in total. The van der Waals surface area contributed by atoms with Gasteiger partial charge in [-0.05, 0) is 110 Å². The molecule has 0 aromatic heterocycles. The van der Waals surface area contributed by atoms with Crippen molar-refractivity contribution in [2.75, 3.05) is 13.2 Å². The number of fused-ring (bicyclic) bond motifs is 5. The van der Waals surface area contributed by atoms with E-state index in [1.54, 1.807) is 0 Å². The highest BCUT2D eigenvalue weighted by Gasteiger charge is 2.60. The molecule has 45 heavy (non-hydrogen) atoms. The second-order valence-electron chi connectivity index (χ2n) is 15.4. The largest absolute Gasteiger partial charge is 0.691 e. The summed E-state index contributed by atoms with van der Waals surface area (Å²) >= 11 is -0.263. The molecule has 10 heteroatoms. The zero-order valence-corrected chi connectivity index (χ0v) is 28.3. The second-order valence-corrected chi connectivity index (χ2v) is 16.1. The third kappa shape index (κ3) is 6.92. The molecule has 0 heterocycles. The number of halogens is 4. The lowest BCUT2D eigenvalue weighted by molar-refractivity contribution is -0.777. The maximum Gasteiger partial charge on any atom is 0.205 e. The Morgan fingerprint density at radius 2 is 1.51 bits per heavy atom. The molecule has 9 atom stereocenters. The van der Waals surface area contributed by atoms with E-state index in [9.17, 15) is 22.8 Å². The van der Waals surface area contributed by atoms with Crippen LogP contribution in [0.25, 0.3) is 0 Å². The predicted octanol–water partition coefficient (Wildman–Crippen LogP) is 9.36. The van der Waals surface area contributed by atoms with E-state index in [2.05, 4.69) is 44.0 Å². The Balaban J connectivity index is 1.13. The Hall–Kier alpha value is -1.07. The average Bonchev–Trinajstić information content (AvgIpc) is 3.37. The number of ether oxygens (including phenoxy) is 2. The standard InChI is InChI=1S/C35H52F4O5S/c1-20(2)7-6-8-21(3)25-11-12-26-24-10-9-22-19-23(13-15-34(22,4)27(24)14-16-35(25,26)5)41-17-18-42-32-28(36)30(38)33(45-44-43-40)31(39)29(32)37/h20-27,40H,6-19H2,1-5H3/p-1/t21?,22?,23-,24?,25?,26?,27?,34-,35+/m0/s1. The van der Waals surface area contributed by atoms with Gasteiger partial charge >= 0.3 is 0 Å². The first kappa shape index (κ1) is 35.2. The summed E-state index contributed by atoms with van der Waals surface area (Å²) in [6.45, 7) is 12.1. The number of hydrogen-bond acceptors (Lipinski definition) is 6. The van der Waals surface area contributed by atoms with Gasteiger partial charge in [0.25, 0.3) is 0 Å². The zero-order valence-electron chi connectivity index (χ0n) is 27.5. The summed E-state index contributed by atoms with van der Waals surface area (Å²) in [6.07, 6.45) is 15.0. The summed E-state index contributed by atoms with van der Waals surface area (Å²) in [5, 5.41) is 12.9. The third-order valence-electron chi connectivity index (χ3n) is 12.8. The van der Waals surface area contributed by atoms with Gasteiger partial charge in [-0.1, -0.05) is 53.9 Å². The first-order valence-corrected chi connectivity index (χ1v) is 17.9. The Morgan fingerprint density at radius 3 is 2.20 bits per heavy atom. The van der Waals surface area contributed by atoms with E-state index in [0.717, 1.165) is 54.8 Å². The minimum Gasteiger partial charge on any atom is -0.691 e. The molecule has 4 aliphatic carbocycles. The topological polar surface area (TPSA) is 60.0 Å². The number of benzene rings is 1. The van der Waals surface area contributed by atoms with Crippen molar-refractivity contribution >= 4 is 12.0 Å².